The molecule has 0 spiro atoms. The minimum atomic E-state index is -0.145. The van der Waals surface area contributed by atoms with Gasteiger partial charge in [-0.2, -0.15) is 0 Å². The molecule has 9 aromatic carbocycles. The van der Waals surface area contributed by atoms with Gasteiger partial charge in [-0.25, -0.2) is 0 Å². The van der Waals surface area contributed by atoms with Crippen LogP contribution < -0.4 is 9.80 Å². The van der Waals surface area contributed by atoms with Crippen molar-refractivity contribution in [2.45, 2.75) is 19.3 Å². The van der Waals surface area contributed by atoms with Crippen molar-refractivity contribution in [3.63, 3.8) is 0 Å². The van der Waals surface area contributed by atoms with E-state index in [4.69, 9.17) is 0 Å². The maximum atomic E-state index is 2.54. The summed E-state index contributed by atoms with van der Waals surface area (Å²) in [6.07, 6.45) is 0. The summed E-state index contributed by atoms with van der Waals surface area (Å²) in [4.78, 5) is 4.82. The SMILES string of the molecule is CC1(C)c2ccccc2-c2ccc(-n3c4cc(N(c5ccccc5)c5ccccc5)cc(N(c5ccccc5)c5ccccc5)c4c4ccc5ccccc5c43)cc21. The molecule has 0 unspecified atom stereocenters. The van der Waals surface area contributed by atoms with E-state index < -0.39 is 0 Å². The van der Waals surface area contributed by atoms with Crippen LogP contribution in [0, 0.1) is 0 Å². The van der Waals surface area contributed by atoms with Crippen molar-refractivity contribution in [2.75, 3.05) is 9.80 Å². The van der Waals surface area contributed by atoms with Gasteiger partial charge in [0.25, 0.3) is 0 Å². The summed E-state index contributed by atoms with van der Waals surface area (Å²) in [5.74, 6) is 0. The molecular formula is C55H41N3. The number of hydrogen-bond acceptors (Lipinski definition) is 2. The first-order chi connectivity index (χ1) is 28.6. The second kappa shape index (κ2) is 13.4. The molecule has 0 aliphatic heterocycles. The Kier molecular flexibility index (Phi) is 7.84. The average Bonchev–Trinajstić information content (AvgIpc) is 3.74. The van der Waals surface area contributed by atoms with Crippen LogP contribution in [0.1, 0.15) is 25.0 Å². The van der Waals surface area contributed by atoms with Crippen molar-refractivity contribution in [2.24, 2.45) is 0 Å². The Hall–Kier alpha value is -7.36. The van der Waals surface area contributed by atoms with Crippen LogP contribution in [0.25, 0.3) is 49.4 Å². The van der Waals surface area contributed by atoms with Gasteiger partial charge in [-0.3, -0.25) is 0 Å². The average molecular weight is 744 g/mol. The first-order valence-electron chi connectivity index (χ1n) is 20.1. The zero-order chi connectivity index (χ0) is 38.8. The van der Waals surface area contributed by atoms with Gasteiger partial charge in [-0.1, -0.05) is 153 Å². The van der Waals surface area contributed by atoms with Crippen LogP contribution in [-0.2, 0) is 5.41 Å². The third-order valence-electron chi connectivity index (χ3n) is 12.1. The normalized spacial score (nSPS) is 12.8. The monoisotopic (exact) mass is 743 g/mol. The maximum absolute atomic E-state index is 2.54. The smallest absolute Gasteiger partial charge is 0.0620 e. The van der Waals surface area contributed by atoms with Crippen molar-refractivity contribution in [3.8, 4) is 16.8 Å². The Balaban J connectivity index is 1.31. The van der Waals surface area contributed by atoms with Gasteiger partial charge in [0, 0.05) is 50.0 Å². The third-order valence-corrected chi connectivity index (χ3v) is 12.1. The topological polar surface area (TPSA) is 11.4 Å². The molecule has 0 fully saturated rings. The molecule has 0 saturated carbocycles. The Morgan fingerprint density at radius 3 is 1.57 bits per heavy atom. The summed E-state index contributed by atoms with van der Waals surface area (Å²) in [5.41, 5.74) is 15.3. The predicted molar refractivity (Wildman–Crippen MR) is 245 cm³/mol. The number of fused-ring (bicyclic) bond motifs is 8. The molecule has 0 bridgehead atoms. The molecule has 0 saturated heterocycles. The molecule has 0 amide bonds. The molecule has 3 nitrogen and oxygen atoms in total. The molecule has 0 atom stereocenters. The number of rotatable bonds is 7. The van der Waals surface area contributed by atoms with Crippen LogP contribution in [0.15, 0.2) is 212 Å². The number of nitrogens with zero attached hydrogens (tertiary/aromatic N) is 3. The van der Waals surface area contributed by atoms with Gasteiger partial charge in [-0.05, 0) is 100 Å². The summed E-state index contributed by atoms with van der Waals surface area (Å²) in [7, 11) is 0. The minimum absolute atomic E-state index is 0.145. The lowest BCUT2D eigenvalue weighted by atomic mass is 9.82. The number of anilines is 6. The van der Waals surface area contributed by atoms with E-state index in [-0.39, 0.29) is 5.41 Å². The summed E-state index contributed by atoms with van der Waals surface area (Å²) in [5, 5.41) is 4.84. The molecule has 11 rings (SSSR count). The maximum Gasteiger partial charge on any atom is 0.0620 e. The zero-order valence-corrected chi connectivity index (χ0v) is 32.5. The van der Waals surface area contributed by atoms with Crippen LogP contribution in [-0.4, -0.2) is 4.57 Å². The molecule has 0 N–H and O–H groups in total. The quantitative estimate of drug-likeness (QED) is 0.161. The van der Waals surface area contributed by atoms with Crippen molar-refractivity contribution in [1.29, 1.82) is 0 Å². The van der Waals surface area contributed by atoms with Gasteiger partial charge in [0.05, 0.1) is 22.4 Å². The van der Waals surface area contributed by atoms with E-state index in [1.807, 2.05) is 0 Å². The molecule has 58 heavy (non-hydrogen) atoms. The standard InChI is InChI=1S/C55H41N3/c1-55(2)49-30-18-17-29-46(49)47-34-32-43(35-50(47)55)58-52-37-44(56(39-20-7-3-8-21-39)40-22-9-4-10-23-40)36-51(53(52)48-33-31-38-19-15-16-28-45(38)54(48)58)57(41-24-11-5-12-25-41)42-26-13-6-14-27-42/h3-37H,1-2H3. The minimum Gasteiger partial charge on any atom is -0.310 e. The largest absolute Gasteiger partial charge is 0.310 e. The highest BCUT2D eigenvalue weighted by Crippen LogP contribution is 2.52. The first kappa shape index (κ1) is 33.9. The number of benzene rings is 9. The highest BCUT2D eigenvalue weighted by Gasteiger charge is 2.36. The van der Waals surface area contributed by atoms with Crippen molar-refractivity contribution < 1.29 is 0 Å². The summed E-state index contributed by atoms with van der Waals surface area (Å²) >= 11 is 0. The molecular weight excluding hydrogens is 703 g/mol. The van der Waals surface area contributed by atoms with E-state index in [1.165, 1.54) is 49.3 Å². The van der Waals surface area contributed by atoms with Gasteiger partial charge in [0.2, 0.25) is 0 Å². The van der Waals surface area contributed by atoms with Crippen molar-refractivity contribution in [1.82, 2.24) is 4.57 Å². The highest BCUT2D eigenvalue weighted by atomic mass is 15.2. The highest BCUT2D eigenvalue weighted by molar-refractivity contribution is 6.23. The van der Waals surface area contributed by atoms with Crippen LogP contribution >= 0.6 is 0 Å². The fraction of sp³-hybridized carbons (Fsp3) is 0.0545. The number of para-hydroxylation sites is 4. The van der Waals surface area contributed by atoms with E-state index in [0.29, 0.717) is 0 Å². The lowest BCUT2D eigenvalue weighted by Gasteiger charge is -2.30. The number of aromatic nitrogens is 1. The summed E-state index contributed by atoms with van der Waals surface area (Å²) in [6, 6.07) is 77.4. The molecule has 10 aromatic rings. The van der Waals surface area contributed by atoms with E-state index in [0.717, 1.165) is 45.3 Å². The van der Waals surface area contributed by atoms with Gasteiger partial charge in [-0.15, -0.1) is 0 Å². The molecule has 1 aliphatic carbocycles. The fourth-order valence-electron chi connectivity index (χ4n) is 9.46. The van der Waals surface area contributed by atoms with Crippen LogP contribution in [0.2, 0.25) is 0 Å². The van der Waals surface area contributed by atoms with Gasteiger partial charge in [0.15, 0.2) is 0 Å². The molecule has 3 heteroatoms. The molecule has 1 aliphatic rings. The second-order valence-corrected chi connectivity index (χ2v) is 15.8. The van der Waals surface area contributed by atoms with Gasteiger partial charge in [0.1, 0.15) is 0 Å². The Morgan fingerprint density at radius 2 is 0.931 bits per heavy atom. The molecule has 1 heterocycles. The lowest BCUT2D eigenvalue weighted by Crippen LogP contribution is -2.15. The van der Waals surface area contributed by atoms with Gasteiger partial charge >= 0.3 is 0 Å². The van der Waals surface area contributed by atoms with Crippen LogP contribution in [0.4, 0.5) is 34.1 Å². The molecule has 0 radical (unpaired) electrons. The van der Waals surface area contributed by atoms with E-state index in [9.17, 15) is 0 Å². The Morgan fingerprint density at radius 1 is 0.397 bits per heavy atom. The number of hydrogen-bond donors (Lipinski definition) is 0. The lowest BCUT2D eigenvalue weighted by molar-refractivity contribution is 0.660. The third kappa shape index (κ3) is 5.28. The van der Waals surface area contributed by atoms with Crippen molar-refractivity contribution >= 4 is 66.7 Å². The second-order valence-electron chi connectivity index (χ2n) is 15.8. The molecule has 276 valence electrons. The van der Waals surface area contributed by atoms with E-state index >= 15 is 0 Å². The molecule has 1 aromatic heterocycles. The van der Waals surface area contributed by atoms with Gasteiger partial charge < -0.3 is 14.4 Å². The van der Waals surface area contributed by atoms with E-state index in [1.54, 1.807) is 0 Å². The fourth-order valence-corrected chi connectivity index (χ4v) is 9.46. The summed E-state index contributed by atoms with van der Waals surface area (Å²) in [6.45, 7) is 4.74. The van der Waals surface area contributed by atoms with Crippen LogP contribution in [0.5, 0.6) is 0 Å². The van der Waals surface area contributed by atoms with E-state index in [2.05, 4.69) is 241 Å². The zero-order valence-electron chi connectivity index (χ0n) is 32.5. The van der Waals surface area contributed by atoms with Crippen molar-refractivity contribution in [3.05, 3.63) is 223 Å². The van der Waals surface area contributed by atoms with Crippen LogP contribution in [0.3, 0.4) is 0 Å². The Bertz CT molecular complexity index is 3050. The first-order valence-corrected chi connectivity index (χ1v) is 20.1. The predicted octanol–water partition coefficient (Wildman–Crippen LogP) is 15.2. The Labute approximate surface area is 339 Å². The summed E-state index contributed by atoms with van der Waals surface area (Å²) < 4.78 is 2.54.